The predicted molar refractivity (Wildman–Crippen MR) is 201 cm³/mol. The van der Waals surface area contributed by atoms with Crippen molar-refractivity contribution in [1.29, 1.82) is 0 Å². The first-order valence-electron chi connectivity index (χ1n) is 17.3. The second kappa shape index (κ2) is 15.2. The third-order valence-electron chi connectivity index (χ3n) is 9.45. The number of rotatable bonds is 12. The Bertz CT molecular complexity index is 2000. The molecule has 0 aliphatic rings. The Hall–Kier alpha value is -5.36. The van der Waals surface area contributed by atoms with Crippen LogP contribution in [0.5, 0.6) is 0 Å². The lowest BCUT2D eigenvalue weighted by Crippen LogP contribution is -2.25. The number of unbranched alkanes of at least 4 members (excludes halogenated alkanes) is 4. The minimum absolute atomic E-state index is 0.0734. The molecule has 0 atom stereocenters. The summed E-state index contributed by atoms with van der Waals surface area (Å²) >= 11 is 0. The van der Waals surface area contributed by atoms with E-state index in [9.17, 15) is 9.59 Å². The lowest BCUT2D eigenvalue weighted by Gasteiger charge is -2.12. The van der Waals surface area contributed by atoms with Gasteiger partial charge in [0.1, 0.15) is 0 Å². The number of amides is 2. The van der Waals surface area contributed by atoms with Crippen LogP contribution >= 0.6 is 0 Å². The SMILES string of the molecule is Cc1ccc(-c2cc(C(=O)NCCCCCCCNC(=O)c3cc(-c4ccc(C)c(C)c4)nc4ccccc34)c3ccccc3n2)cc1C. The summed E-state index contributed by atoms with van der Waals surface area (Å²) in [6.07, 6.45) is 4.85. The molecule has 248 valence electrons. The van der Waals surface area contributed by atoms with Crippen molar-refractivity contribution in [3.63, 3.8) is 0 Å². The minimum Gasteiger partial charge on any atom is -0.352 e. The van der Waals surface area contributed by atoms with Gasteiger partial charge in [-0.05, 0) is 99.2 Å². The molecule has 2 N–H and O–H groups in total. The average molecular weight is 649 g/mol. The topological polar surface area (TPSA) is 84.0 Å². The van der Waals surface area contributed by atoms with Gasteiger partial charge in [0.05, 0.1) is 33.5 Å². The number of aryl methyl sites for hydroxylation is 4. The van der Waals surface area contributed by atoms with Gasteiger partial charge in [-0.25, -0.2) is 9.97 Å². The number of aromatic nitrogens is 2. The maximum absolute atomic E-state index is 13.3. The molecule has 0 spiro atoms. The van der Waals surface area contributed by atoms with E-state index in [-0.39, 0.29) is 11.8 Å². The van der Waals surface area contributed by atoms with Crippen LogP contribution in [0.1, 0.15) is 75.1 Å². The molecule has 6 aromatic rings. The molecule has 2 heterocycles. The van der Waals surface area contributed by atoms with Crippen LogP contribution in [0, 0.1) is 27.7 Å². The van der Waals surface area contributed by atoms with E-state index in [0.29, 0.717) is 24.2 Å². The van der Waals surface area contributed by atoms with Crippen molar-refractivity contribution in [2.75, 3.05) is 13.1 Å². The fourth-order valence-electron chi connectivity index (χ4n) is 6.20. The summed E-state index contributed by atoms with van der Waals surface area (Å²) in [6.45, 7) is 9.61. The highest BCUT2D eigenvalue weighted by molar-refractivity contribution is 6.08. The molecular weight excluding hydrogens is 604 g/mol. The highest BCUT2D eigenvalue weighted by Gasteiger charge is 2.16. The van der Waals surface area contributed by atoms with Gasteiger partial charge in [-0.3, -0.25) is 9.59 Å². The van der Waals surface area contributed by atoms with Gasteiger partial charge in [-0.2, -0.15) is 0 Å². The standard InChI is InChI=1S/C43H44N4O2/c1-28-18-20-32(24-30(28)3)40-26-36(34-14-8-10-16-38(34)46-40)42(48)44-22-12-6-5-7-13-23-45-43(49)37-27-41(33-21-19-29(2)31(4)25-33)47-39-17-11-9-15-35(37)39/h8-11,14-21,24-27H,5-7,12-13,22-23H2,1-4H3,(H,44,48)(H,45,49). The number of pyridine rings is 2. The molecule has 0 aliphatic carbocycles. The highest BCUT2D eigenvalue weighted by Crippen LogP contribution is 2.28. The van der Waals surface area contributed by atoms with Gasteiger partial charge in [0.2, 0.25) is 0 Å². The Morgan fingerprint density at radius 1 is 0.490 bits per heavy atom. The fourth-order valence-corrected chi connectivity index (χ4v) is 6.20. The largest absolute Gasteiger partial charge is 0.352 e. The van der Waals surface area contributed by atoms with Gasteiger partial charge in [-0.15, -0.1) is 0 Å². The second-order valence-corrected chi connectivity index (χ2v) is 13.0. The number of hydrogen-bond acceptors (Lipinski definition) is 4. The molecule has 49 heavy (non-hydrogen) atoms. The summed E-state index contributed by atoms with van der Waals surface area (Å²) in [5.41, 5.74) is 11.4. The van der Waals surface area contributed by atoms with Crippen molar-refractivity contribution < 1.29 is 9.59 Å². The predicted octanol–water partition coefficient (Wildman–Crippen LogP) is 9.46. The normalized spacial score (nSPS) is 11.2. The maximum Gasteiger partial charge on any atom is 0.252 e. The van der Waals surface area contributed by atoms with Crippen LogP contribution in [0.15, 0.2) is 97.1 Å². The van der Waals surface area contributed by atoms with E-state index in [1.165, 1.54) is 22.3 Å². The molecule has 6 heteroatoms. The Morgan fingerprint density at radius 2 is 0.898 bits per heavy atom. The molecule has 4 aromatic carbocycles. The molecule has 0 saturated carbocycles. The number of benzene rings is 4. The van der Waals surface area contributed by atoms with Crippen LogP contribution < -0.4 is 10.6 Å². The van der Waals surface area contributed by atoms with Crippen molar-refractivity contribution in [2.24, 2.45) is 0 Å². The first kappa shape index (κ1) is 33.5. The third-order valence-corrected chi connectivity index (χ3v) is 9.45. The van der Waals surface area contributed by atoms with Gasteiger partial charge < -0.3 is 10.6 Å². The average Bonchev–Trinajstić information content (AvgIpc) is 3.12. The van der Waals surface area contributed by atoms with E-state index in [4.69, 9.17) is 9.97 Å². The smallest absolute Gasteiger partial charge is 0.252 e. The van der Waals surface area contributed by atoms with E-state index < -0.39 is 0 Å². The van der Waals surface area contributed by atoms with Gasteiger partial charge in [0, 0.05) is 35.0 Å². The zero-order valence-corrected chi connectivity index (χ0v) is 28.9. The number of para-hydroxylation sites is 2. The van der Waals surface area contributed by atoms with E-state index in [2.05, 4.69) is 74.7 Å². The molecule has 2 aromatic heterocycles. The number of nitrogens with zero attached hydrogens (tertiary/aromatic N) is 2. The first-order valence-corrected chi connectivity index (χ1v) is 17.3. The molecule has 2 amide bonds. The molecule has 6 rings (SSSR count). The monoisotopic (exact) mass is 648 g/mol. The van der Waals surface area contributed by atoms with E-state index in [1.807, 2.05) is 60.7 Å². The van der Waals surface area contributed by atoms with Crippen LogP contribution in [-0.4, -0.2) is 34.9 Å². The highest BCUT2D eigenvalue weighted by atomic mass is 16.2. The number of carbonyl (C=O) groups is 2. The van der Waals surface area contributed by atoms with Crippen molar-refractivity contribution in [3.05, 3.63) is 130 Å². The maximum atomic E-state index is 13.3. The van der Waals surface area contributed by atoms with Crippen LogP contribution in [0.25, 0.3) is 44.3 Å². The van der Waals surface area contributed by atoms with Gasteiger partial charge >= 0.3 is 0 Å². The number of nitrogens with one attached hydrogen (secondary N) is 2. The minimum atomic E-state index is -0.0734. The Morgan fingerprint density at radius 3 is 1.33 bits per heavy atom. The summed E-state index contributed by atoms with van der Waals surface area (Å²) in [5, 5.41) is 7.98. The van der Waals surface area contributed by atoms with Crippen LogP contribution in [0.3, 0.4) is 0 Å². The Labute approximate surface area is 289 Å². The lowest BCUT2D eigenvalue weighted by atomic mass is 10.0. The number of hydrogen-bond donors (Lipinski definition) is 2. The van der Waals surface area contributed by atoms with Crippen LogP contribution in [0.4, 0.5) is 0 Å². The van der Waals surface area contributed by atoms with Crippen molar-refractivity contribution in [3.8, 4) is 22.5 Å². The summed E-state index contributed by atoms with van der Waals surface area (Å²) in [7, 11) is 0. The molecular formula is C43H44N4O2. The zero-order valence-electron chi connectivity index (χ0n) is 28.9. The van der Waals surface area contributed by atoms with Crippen molar-refractivity contribution in [1.82, 2.24) is 20.6 Å². The summed E-state index contributed by atoms with van der Waals surface area (Å²) in [4.78, 5) is 36.4. The van der Waals surface area contributed by atoms with Gasteiger partial charge in [0.15, 0.2) is 0 Å². The van der Waals surface area contributed by atoms with E-state index in [0.717, 1.165) is 76.4 Å². The fraction of sp³-hybridized carbons (Fsp3) is 0.256. The molecule has 6 nitrogen and oxygen atoms in total. The summed E-state index contributed by atoms with van der Waals surface area (Å²) in [5.74, 6) is -0.147. The number of carbonyl (C=O) groups excluding carboxylic acids is 2. The van der Waals surface area contributed by atoms with Gasteiger partial charge in [-0.1, -0.05) is 79.9 Å². The van der Waals surface area contributed by atoms with E-state index >= 15 is 0 Å². The van der Waals surface area contributed by atoms with Crippen LogP contribution in [-0.2, 0) is 0 Å². The molecule has 0 aliphatic heterocycles. The van der Waals surface area contributed by atoms with Crippen molar-refractivity contribution >= 4 is 33.6 Å². The molecule has 0 radical (unpaired) electrons. The lowest BCUT2D eigenvalue weighted by molar-refractivity contribution is 0.0947. The molecule has 0 bridgehead atoms. The summed E-state index contributed by atoms with van der Waals surface area (Å²) < 4.78 is 0. The van der Waals surface area contributed by atoms with Gasteiger partial charge in [0.25, 0.3) is 11.8 Å². The third kappa shape index (κ3) is 7.86. The van der Waals surface area contributed by atoms with Crippen molar-refractivity contribution in [2.45, 2.75) is 59.8 Å². The molecule has 0 unspecified atom stereocenters. The second-order valence-electron chi connectivity index (χ2n) is 13.0. The quantitative estimate of drug-likeness (QED) is 0.130. The molecule has 0 fully saturated rings. The number of fused-ring (bicyclic) bond motifs is 2. The van der Waals surface area contributed by atoms with E-state index in [1.54, 1.807) is 0 Å². The Kier molecular flexibility index (Phi) is 10.4. The zero-order chi connectivity index (χ0) is 34.3. The first-order chi connectivity index (χ1) is 23.8. The van der Waals surface area contributed by atoms with Crippen LogP contribution in [0.2, 0.25) is 0 Å². The molecule has 0 saturated heterocycles. The Balaban J connectivity index is 0.980. The summed E-state index contributed by atoms with van der Waals surface area (Å²) in [6, 6.07) is 32.1.